The average Bonchev–Trinajstić information content (AvgIpc) is 3.60. The van der Waals surface area contributed by atoms with Crippen LogP contribution in [0, 0.1) is 0 Å². The predicted molar refractivity (Wildman–Crippen MR) is 98.3 cm³/mol. The molecule has 162 valence electrons. The van der Waals surface area contributed by atoms with Crippen molar-refractivity contribution in [3.8, 4) is 5.95 Å². The summed E-state index contributed by atoms with van der Waals surface area (Å²) in [5.74, 6) is 1.58. The van der Waals surface area contributed by atoms with E-state index < -0.39 is 6.17 Å². The van der Waals surface area contributed by atoms with E-state index in [2.05, 4.69) is 76.6 Å². The molecule has 32 heavy (non-hydrogen) atoms. The van der Waals surface area contributed by atoms with Crippen molar-refractivity contribution >= 4 is 18.2 Å². The second kappa shape index (κ2) is 8.23. The third kappa shape index (κ3) is 3.75. The molecule has 0 bridgehead atoms. The Morgan fingerprint density at radius 3 is 2.78 bits per heavy atom. The highest BCUT2D eigenvalue weighted by molar-refractivity contribution is 5.49. The Bertz CT molecular complexity index is 1270. The number of hydrogen-bond donors (Lipinski definition) is 5. The van der Waals surface area contributed by atoms with E-state index in [1.165, 1.54) is 21.8 Å². The zero-order valence-electron chi connectivity index (χ0n) is 16.0. The topological polar surface area (TPSA) is 246 Å². The summed E-state index contributed by atoms with van der Waals surface area (Å²) in [6, 6.07) is 0. The summed E-state index contributed by atoms with van der Waals surface area (Å²) in [4.78, 5) is 8.49. The van der Waals surface area contributed by atoms with Crippen LogP contribution in [0.4, 0.5) is 11.9 Å². The van der Waals surface area contributed by atoms with Gasteiger partial charge in [0.15, 0.2) is 12.6 Å². The zero-order chi connectivity index (χ0) is 21.9. The molecule has 5 heterocycles. The van der Waals surface area contributed by atoms with Crippen LogP contribution in [0.25, 0.3) is 5.95 Å². The van der Waals surface area contributed by atoms with Crippen molar-refractivity contribution in [3.05, 3.63) is 29.4 Å². The molecule has 5 rings (SSSR count). The van der Waals surface area contributed by atoms with Gasteiger partial charge in [0.2, 0.25) is 11.8 Å². The summed E-state index contributed by atoms with van der Waals surface area (Å²) in [5, 5.41) is 65.9. The highest BCUT2D eigenvalue weighted by Gasteiger charge is 2.29. The van der Waals surface area contributed by atoms with Crippen LogP contribution in [-0.2, 0) is 13.0 Å². The van der Waals surface area contributed by atoms with E-state index in [-0.39, 0.29) is 37.6 Å². The number of H-pyrrole nitrogens is 2. The van der Waals surface area contributed by atoms with Gasteiger partial charge in [0.1, 0.15) is 5.82 Å². The van der Waals surface area contributed by atoms with Gasteiger partial charge in [0, 0.05) is 0 Å². The molecule has 0 amide bonds. The van der Waals surface area contributed by atoms with Crippen LogP contribution in [-0.4, -0.2) is 93.6 Å². The SMILES string of the molecule is OCc1cnnn1-c1n[nH]c(Nc2nnc(Cc3nc(C4N=NC=[N+]4CO)n[nH]3)nn2)n1. The molecule has 1 aliphatic rings. The molecule has 1 atom stereocenters. The van der Waals surface area contributed by atoms with E-state index in [0.29, 0.717) is 23.2 Å². The van der Waals surface area contributed by atoms with E-state index in [1.54, 1.807) is 0 Å². The fourth-order valence-electron chi connectivity index (χ4n) is 2.67. The van der Waals surface area contributed by atoms with Gasteiger partial charge in [-0.2, -0.15) is 14.8 Å². The van der Waals surface area contributed by atoms with Crippen LogP contribution in [0.3, 0.4) is 0 Å². The fourth-order valence-corrected chi connectivity index (χ4v) is 2.67. The van der Waals surface area contributed by atoms with Gasteiger partial charge in [0.25, 0.3) is 18.1 Å². The molecular weight excluding hydrogens is 426 g/mol. The summed E-state index contributed by atoms with van der Waals surface area (Å²) < 4.78 is 2.74. The van der Waals surface area contributed by atoms with E-state index in [0.717, 1.165) is 0 Å². The van der Waals surface area contributed by atoms with Gasteiger partial charge < -0.3 is 10.2 Å². The number of aliphatic hydroxyl groups is 2. The second-order valence-electron chi connectivity index (χ2n) is 6.24. The number of hydrogen-bond acceptors (Lipinski definition) is 15. The molecule has 0 radical (unpaired) electrons. The molecule has 19 nitrogen and oxygen atoms in total. The van der Waals surface area contributed by atoms with Crippen LogP contribution in [0.5, 0.6) is 0 Å². The number of aromatic nitrogens is 13. The van der Waals surface area contributed by atoms with Crippen molar-refractivity contribution in [2.24, 2.45) is 10.2 Å². The van der Waals surface area contributed by atoms with E-state index >= 15 is 0 Å². The molecule has 4 aromatic heterocycles. The van der Waals surface area contributed by atoms with Crippen molar-refractivity contribution in [2.45, 2.75) is 19.2 Å². The average molecular weight is 440 g/mol. The molecule has 19 heteroatoms. The van der Waals surface area contributed by atoms with E-state index in [4.69, 9.17) is 0 Å². The summed E-state index contributed by atoms with van der Waals surface area (Å²) in [5.41, 5.74) is 0.424. The van der Waals surface area contributed by atoms with Gasteiger partial charge in [0.05, 0.1) is 30.0 Å². The summed E-state index contributed by atoms with van der Waals surface area (Å²) in [7, 11) is 0. The maximum absolute atomic E-state index is 9.28. The van der Waals surface area contributed by atoms with Gasteiger partial charge in [-0.15, -0.1) is 30.6 Å². The molecule has 4 aromatic rings. The first-order chi connectivity index (χ1) is 15.7. The number of nitrogens with zero attached hydrogens (tertiary/aromatic N) is 14. The zero-order valence-corrected chi connectivity index (χ0v) is 16.0. The largest absolute Gasteiger partial charge is 0.390 e. The van der Waals surface area contributed by atoms with Gasteiger partial charge in [-0.3, -0.25) is 10.4 Å². The van der Waals surface area contributed by atoms with Crippen LogP contribution < -0.4 is 5.32 Å². The van der Waals surface area contributed by atoms with Crippen molar-refractivity contribution in [3.63, 3.8) is 0 Å². The number of rotatable bonds is 8. The molecular formula is C13H14N17O2+. The molecule has 0 fully saturated rings. The number of aromatic amines is 2. The molecule has 0 saturated heterocycles. The molecule has 0 aromatic carbocycles. The normalized spacial score (nSPS) is 15.3. The Hall–Kier alpha value is -4.65. The Kier molecular flexibility index (Phi) is 4.97. The molecule has 0 saturated carbocycles. The Morgan fingerprint density at radius 2 is 1.97 bits per heavy atom. The third-order valence-corrected chi connectivity index (χ3v) is 4.15. The predicted octanol–water partition coefficient (Wildman–Crippen LogP) is -2.63. The Labute approximate surface area is 176 Å². The lowest BCUT2D eigenvalue weighted by Gasteiger charge is -2.01. The first-order valence-corrected chi connectivity index (χ1v) is 9.01. The number of nitrogens with one attached hydrogen (secondary N) is 3. The van der Waals surface area contributed by atoms with Crippen LogP contribution in [0.15, 0.2) is 16.4 Å². The highest BCUT2D eigenvalue weighted by atomic mass is 16.3. The molecule has 1 unspecified atom stereocenters. The quantitative estimate of drug-likeness (QED) is 0.176. The monoisotopic (exact) mass is 440 g/mol. The van der Waals surface area contributed by atoms with Gasteiger partial charge >= 0.3 is 6.34 Å². The number of anilines is 2. The third-order valence-electron chi connectivity index (χ3n) is 4.15. The minimum atomic E-state index is -0.591. The molecule has 0 spiro atoms. The second-order valence-corrected chi connectivity index (χ2v) is 6.24. The van der Waals surface area contributed by atoms with Gasteiger partial charge in [-0.1, -0.05) is 5.21 Å². The standard InChI is InChI=1S/C13H13N17O2/c31-3-6-2-14-28-30(6)13-18-11(24-27-13)17-12-25-20-8(21-26-12)1-7-16-9(22-19-7)10-23-15-4-29(10)5-32/h2,4,10,23,31-32H,1,3,5H2,(H,16,19,22)/p+1. The summed E-state index contributed by atoms with van der Waals surface area (Å²) in [6.07, 6.45) is 2.41. The van der Waals surface area contributed by atoms with Crippen molar-refractivity contribution in [1.29, 1.82) is 0 Å². The fraction of sp³-hybridized carbons (Fsp3) is 0.308. The molecule has 5 N–H and O–H groups in total. The summed E-state index contributed by atoms with van der Waals surface area (Å²) in [6.45, 7) is -0.528. The molecule has 1 aliphatic heterocycles. The Morgan fingerprint density at radius 1 is 1.09 bits per heavy atom. The van der Waals surface area contributed by atoms with Crippen LogP contribution in [0.2, 0.25) is 0 Å². The maximum Gasteiger partial charge on any atom is 0.313 e. The van der Waals surface area contributed by atoms with E-state index in [9.17, 15) is 10.2 Å². The van der Waals surface area contributed by atoms with Crippen LogP contribution in [0.1, 0.15) is 29.3 Å². The van der Waals surface area contributed by atoms with Crippen LogP contribution >= 0.6 is 0 Å². The van der Waals surface area contributed by atoms with Gasteiger partial charge in [-0.05, 0) is 5.11 Å². The number of aliphatic hydroxyl groups excluding tert-OH is 2. The lowest BCUT2D eigenvalue weighted by atomic mass is 10.4. The minimum absolute atomic E-state index is 0.0798. The van der Waals surface area contributed by atoms with Gasteiger partial charge in [-0.25, -0.2) is 14.7 Å². The highest BCUT2D eigenvalue weighted by Crippen LogP contribution is 2.18. The minimum Gasteiger partial charge on any atom is -0.390 e. The summed E-state index contributed by atoms with van der Waals surface area (Å²) >= 11 is 0. The maximum atomic E-state index is 9.28. The van der Waals surface area contributed by atoms with E-state index in [1.807, 2.05) is 0 Å². The lowest BCUT2D eigenvalue weighted by Crippen LogP contribution is -2.17. The Balaban J connectivity index is 1.23. The number of azo groups is 1. The van der Waals surface area contributed by atoms with Crippen molar-refractivity contribution in [1.82, 2.24) is 65.8 Å². The van der Waals surface area contributed by atoms with Crippen molar-refractivity contribution in [2.75, 3.05) is 12.0 Å². The first kappa shape index (κ1) is 19.3. The smallest absolute Gasteiger partial charge is 0.313 e. The van der Waals surface area contributed by atoms with Crippen molar-refractivity contribution < 1.29 is 14.8 Å². The lowest BCUT2D eigenvalue weighted by molar-refractivity contribution is -0.596. The first-order valence-electron chi connectivity index (χ1n) is 9.01. The molecule has 0 aliphatic carbocycles.